The average molecular weight is 381 g/mol. The van der Waals surface area contributed by atoms with Crippen LogP contribution >= 0.6 is 22.6 Å². The smallest absolute Gasteiger partial charge is 0.293 e. The Hall–Kier alpha value is -0.960. The number of nitrogens with two attached hydrogens (primary N) is 1. The van der Waals surface area contributed by atoms with Gasteiger partial charge in [-0.2, -0.15) is 0 Å². The van der Waals surface area contributed by atoms with Gasteiger partial charge in [0.05, 0.1) is 8.49 Å². The van der Waals surface area contributed by atoms with Gasteiger partial charge in [-0.25, -0.2) is 4.39 Å². The first-order valence-corrected chi connectivity index (χ1v) is 7.17. The van der Waals surface area contributed by atoms with E-state index in [1.807, 2.05) is 0 Å². The number of benzene rings is 1. The maximum absolute atomic E-state index is 13.5. The third-order valence-electron chi connectivity index (χ3n) is 2.79. The molecule has 1 unspecified atom stereocenters. The van der Waals surface area contributed by atoms with Crippen molar-refractivity contribution in [3.8, 4) is 0 Å². The number of halogens is 2. The number of anilines is 1. The minimum atomic E-state index is -0.517. The standard InChI is InChI=1S/C12H17FIN3O2/c1-2-3-4-8(7-15)16-11-5-9(13)10(14)6-12(11)17(18)19/h5-6,8,16H,2-4,7,15H2,1H3. The highest BCUT2D eigenvalue weighted by Crippen LogP contribution is 2.29. The Labute approximate surface area is 125 Å². The van der Waals surface area contributed by atoms with Crippen LogP contribution in [-0.4, -0.2) is 17.5 Å². The van der Waals surface area contributed by atoms with Crippen molar-refractivity contribution in [2.75, 3.05) is 11.9 Å². The van der Waals surface area contributed by atoms with Gasteiger partial charge < -0.3 is 11.1 Å². The molecule has 0 bridgehead atoms. The number of unbranched alkanes of at least 4 members (excludes halogenated alkanes) is 1. The van der Waals surface area contributed by atoms with Gasteiger partial charge in [0.1, 0.15) is 11.5 Å². The minimum absolute atomic E-state index is 0.0851. The van der Waals surface area contributed by atoms with Crippen molar-refractivity contribution in [3.05, 3.63) is 31.6 Å². The average Bonchev–Trinajstić information content (AvgIpc) is 2.37. The Morgan fingerprint density at radius 2 is 2.26 bits per heavy atom. The lowest BCUT2D eigenvalue weighted by molar-refractivity contribution is -0.384. The van der Waals surface area contributed by atoms with Crippen LogP contribution in [0.15, 0.2) is 12.1 Å². The molecule has 106 valence electrons. The zero-order valence-corrected chi connectivity index (χ0v) is 12.8. The van der Waals surface area contributed by atoms with Crippen LogP contribution in [0.25, 0.3) is 0 Å². The second-order valence-electron chi connectivity index (χ2n) is 4.26. The van der Waals surface area contributed by atoms with Gasteiger partial charge in [-0.15, -0.1) is 0 Å². The largest absolute Gasteiger partial charge is 0.375 e. The fraction of sp³-hybridized carbons (Fsp3) is 0.500. The van der Waals surface area contributed by atoms with E-state index in [0.29, 0.717) is 6.54 Å². The van der Waals surface area contributed by atoms with E-state index < -0.39 is 10.7 Å². The summed E-state index contributed by atoms with van der Waals surface area (Å²) in [7, 11) is 0. The van der Waals surface area contributed by atoms with E-state index in [2.05, 4.69) is 12.2 Å². The SMILES string of the molecule is CCCCC(CN)Nc1cc(F)c(I)cc1[N+](=O)[O-]. The topological polar surface area (TPSA) is 81.2 Å². The third-order valence-corrected chi connectivity index (χ3v) is 3.61. The van der Waals surface area contributed by atoms with Crippen molar-refractivity contribution in [3.63, 3.8) is 0 Å². The first-order valence-electron chi connectivity index (χ1n) is 6.09. The van der Waals surface area contributed by atoms with E-state index in [9.17, 15) is 14.5 Å². The molecule has 19 heavy (non-hydrogen) atoms. The van der Waals surface area contributed by atoms with Gasteiger partial charge in [-0.1, -0.05) is 19.8 Å². The Morgan fingerprint density at radius 3 is 2.79 bits per heavy atom. The molecule has 0 aliphatic carbocycles. The Kier molecular flexibility index (Phi) is 6.43. The molecule has 0 fully saturated rings. The van der Waals surface area contributed by atoms with Crippen LogP contribution in [0.5, 0.6) is 0 Å². The molecule has 1 atom stereocenters. The number of hydrogen-bond donors (Lipinski definition) is 2. The van der Waals surface area contributed by atoms with Crippen molar-refractivity contribution in [1.29, 1.82) is 0 Å². The highest BCUT2D eigenvalue weighted by atomic mass is 127. The molecule has 1 aromatic rings. The summed E-state index contributed by atoms with van der Waals surface area (Å²) < 4.78 is 13.8. The first kappa shape index (κ1) is 16.1. The number of hydrogen-bond acceptors (Lipinski definition) is 4. The predicted molar refractivity (Wildman–Crippen MR) is 81.8 cm³/mol. The summed E-state index contributed by atoms with van der Waals surface area (Å²) >= 11 is 1.73. The van der Waals surface area contributed by atoms with E-state index in [4.69, 9.17) is 5.73 Å². The van der Waals surface area contributed by atoms with Gasteiger partial charge in [0, 0.05) is 24.7 Å². The van der Waals surface area contributed by atoms with Crippen molar-refractivity contribution in [1.82, 2.24) is 0 Å². The number of nitro benzene ring substituents is 1. The van der Waals surface area contributed by atoms with Crippen LogP contribution in [0.4, 0.5) is 15.8 Å². The molecule has 0 radical (unpaired) electrons. The van der Waals surface area contributed by atoms with Gasteiger partial charge in [-0.05, 0) is 29.0 Å². The molecule has 0 saturated carbocycles. The van der Waals surface area contributed by atoms with E-state index >= 15 is 0 Å². The maximum atomic E-state index is 13.5. The van der Waals surface area contributed by atoms with E-state index in [0.717, 1.165) is 25.3 Å². The summed E-state index contributed by atoms with van der Waals surface area (Å²) in [5, 5.41) is 13.9. The summed E-state index contributed by atoms with van der Waals surface area (Å²) in [4.78, 5) is 10.5. The second-order valence-corrected chi connectivity index (χ2v) is 5.42. The monoisotopic (exact) mass is 381 g/mol. The summed E-state index contributed by atoms with van der Waals surface area (Å²) in [6.45, 7) is 2.41. The number of nitro groups is 1. The molecule has 0 spiro atoms. The molecule has 3 N–H and O–H groups in total. The van der Waals surface area contributed by atoms with Crippen molar-refractivity contribution in [2.24, 2.45) is 5.73 Å². The lowest BCUT2D eigenvalue weighted by Crippen LogP contribution is -2.29. The van der Waals surface area contributed by atoms with Crippen molar-refractivity contribution < 1.29 is 9.31 Å². The van der Waals surface area contributed by atoms with E-state index in [1.54, 1.807) is 22.6 Å². The highest BCUT2D eigenvalue weighted by molar-refractivity contribution is 14.1. The molecule has 0 aromatic heterocycles. The molecular weight excluding hydrogens is 364 g/mol. The Bertz CT molecular complexity index is 457. The van der Waals surface area contributed by atoms with Crippen molar-refractivity contribution >= 4 is 34.0 Å². The zero-order valence-electron chi connectivity index (χ0n) is 10.7. The van der Waals surface area contributed by atoms with Gasteiger partial charge in [0.2, 0.25) is 0 Å². The summed E-state index contributed by atoms with van der Waals surface area (Å²) in [5.74, 6) is -0.472. The minimum Gasteiger partial charge on any atom is -0.375 e. The molecule has 0 amide bonds. The summed E-state index contributed by atoms with van der Waals surface area (Å²) in [6.07, 6.45) is 2.79. The lowest BCUT2D eigenvalue weighted by atomic mass is 10.1. The number of rotatable bonds is 7. The fourth-order valence-electron chi connectivity index (χ4n) is 1.72. The molecule has 0 heterocycles. The Morgan fingerprint density at radius 1 is 1.58 bits per heavy atom. The fourth-order valence-corrected chi connectivity index (χ4v) is 2.17. The first-order chi connectivity index (χ1) is 8.99. The van der Waals surface area contributed by atoms with E-state index in [-0.39, 0.29) is 21.0 Å². The van der Waals surface area contributed by atoms with E-state index in [1.165, 1.54) is 6.07 Å². The second kappa shape index (κ2) is 7.59. The molecule has 0 saturated heterocycles. The van der Waals surface area contributed by atoms with Crippen LogP contribution in [0.1, 0.15) is 26.2 Å². The van der Waals surface area contributed by atoms with Gasteiger partial charge >= 0.3 is 0 Å². The zero-order chi connectivity index (χ0) is 14.4. The molecule has 0 aliphatic heterocycles. The van der Waals surface area contributed by atoms with Gasteiger partial charge in [0.15, 0.2) is 0 Å². The molecule has 5 nitrogen and oxygen atoms in total. The Balaban J connectivity index is 2.97. The molecular formula is C12H17FIN3O2. The van der Waals surface area contributed by atoms with Gasteiger partial charge in [0.25, 0.3) is 5.69 Å². The lowest BCUT2D eigenvalue weighted by Gasteiger charge is -2.18. The number of nitrogens with one attached hydrogen (secondary N) is 1. The van der Waals surface area contributed by atoms with Gasteiger partial charge in [-0.3, -0.25) is 10.1 Å². The van der Waals surface area contributed by atoms with Crippen LogP contribution in [0, 0.1) is 19.5 Å². The molecule has 0 aliphatic rings. The predicted octanol–water partition coefficient (Wildman–Crippen LogP) is 3.27. The molecule has 7 heteroatoms. The van der Waals surface area contributed by atoms with Crippen LogP contribution in [0.2, 0.25) is 0 Å². The molecule has 1 aromatic carbocycles. The van der Waals surface area contributed by atoms with Crippen molar-refractivity contribution in [2.45, 2.75) is 32.2 Å². The van der Waals surface area contributed by atoms with Crippen LogP contribution < -0.4 is 11.1 Å². The maximum Gasteiger partial charge on any atom is 0.293 e. The summed E-state index contributed by atoms with van der Waals surface area (Å²) in [6, 6.07) is 2.30. The number of nitrogens with zero attached hydrogens (tertiary/aromatic N) is 1. The quantitative estimate of drug-likeness (QED) is 0.432. The van der Waals surface area contributed by atoms with Crippen LogP contribution in [-0.2, 0) is 0 Å². The normalized spacial score (nSPS) is 12.2. The highest BCUT2D eigenvalue weighted by Gasteiger charge is 2.19. The third kappa shape index (κ3) is 4.57. The van der Waals surface area contributed by atoms with Crippen LogP contribution in [0.3, 0.4) is 0 Å². The molecule has 1 rings (SSSR count). The summed E-state index contributed by atoms with van der Waals surface area (Å²) in [5.41, 5.74) is 5.69.